The Hall–Kier alpha value is -2.64. The third-order valence-electron chi connectivity index (χ3n) is 5.94. The Kier molecular flexibility index (Phi) is 9.72. The summed E-state index contributed by atoms with van der Waals surface area (Å²) in [5.74, 6) is -0.548. The normalized spacial score (nSPS) is 22.9. The second-order valence-corrected chi connectivity index (χ2v) is 9.09. The Morgan fingerprint density at radius 2 is 2.00 bits per heavy atom. The molecule has 7 nitrogen and oxygen atoms in total. The highest BCUT2D eigenvalue weighted by Gasteiger charge is 2.22. The lowest BCUT2D eigenvalue weighted by molar-refractivity contribution is -0.137. The van der Waals surface area contributed by atoms with Gasteiger partial charge >= 0.3 is 5.97 Å². The second kappa shape index (κ2) is 12.7. The van der Waals surface area contributed by atoms with Crippen molar-refractivity contribution in [2.45, 2.75) is 58.5 Å². The summed E-state index contributed by atoms with van der Waals surface area (Å²) in [4.78, 5) is 32.6. The number of benzene rings is 1. The largest absolute Gasteiger partial charge is 0.462 e. The van der Waals surface area contributed by atoms with E-state index in [1.54, 1.807) is 29.2 Å². The highest BCUT2D eigenvalue weighted by Crippen LogP contribution is 2.29. The number of rotatable bonds is 3. The topological polar surface area (TPSA) is 88.4 Å². The van der Waals surface area contributed by atoms with Crippen LogP contribution in [0.15, 0.2) is 35.5 Å². The van der Waals surface area contributed by atoms with Crippen molar-refractivity contribution < 1.29 is 24.3 Å². The quantitative estimate of drug-likeness (QED) is 0.389. The summed E-state index contributed by atoms with van der Waals surface area (Å²) >= 11 is 6.63. The van der Waals surface area contributed by atoms with E-state index in [0.717, 1.165) is 43.5 Å². The molecule has 1 unspecified atom stereocenters. The Bertz CT molecular complexity index is 980. The number of ether oxygens (including phenoxy) is 1. The summed E-state index contributed by atoms with van der Waals surface area (Å²) in [5, 5.41) is 14.8. The summed E-state index contributed by atoms with van der Waals surface area (Å²) in [7, 11) is 0. The van der Waals surface area contributed by atoms with Gasteiger partial charge in [0, 0.05) is 24.5 Å². The van der Waals surface area contributed by atoms with Crippen molar-refractivity contribution in [1.82, 2.24) is 4.90 Å². The van der Waals surface area contributed by atoms with Crippen LogP contribution < -0.4 is 0 Å². The molecule has 8 heteroatoms. The molecule has 0 radical (unpaired) electrons. The van der Waals surface area contributed by atoms with Crippen molar-refractivity contribution in [3.8, 4) is 0 Å². The molecule has 1 atom stereocenters. The van der Waals surface area contributed by atoms with Gasteiger partial charge in [0.05, 0.1) is 24.0 Å². The van der Waals surface area contributed by atoms with Crippen molar-refractivity contribution in [1.29, 1.82) is 0 Å². The molecule has 1 saturated heterocycles. The van der Waals surface area contributed by atoms with Gasteiger partial charge in [-0.3, -0.25) is 4.79 Å². The first-order valence-corrected chi connectivity index (χ1v) is 12.2. The Labute approximate surface area is 206 Å². The first-order valence-electron chi connectivity index (χ1n) is 11.8. The standard InChI is InChI=1S/C26H33ClN2O5/c1-18-15-19(2)25(27)22-16-20(28-34-17-23(31)29-12-5-3-6-13-29)9-8-11-21(30)10-4-7-14-33-26(32)24(18)22/h4,8-10,15,21,30H,3,5-7,11-14,16-17H2,1-2H3/b9-8+,10-4+,28-20+. The molecular formula is C26H33ClN2O5. The number of carbonyl (C=O) groups is 2. The van der Waals surface area contributed by atoms with Crippen LogP contribution in [0.1, 0.15) is 59.2 Å². The lowest BCUT2D eigenvalue weighted by Gasteiger charge is -2.26. The van der Waals surface area contributed by atoms with Crippen LogP contribution in [0.25, 0.3) is 0 Å². The van der Waals surface area contributed by atoms with Gasteiger partial charge in [-0.15, -0.1) is 0 Å². The van der Waals surface area contributed by atoms with E-state index in [1.807, 2.05) is 19.9 Å². The summed E-state index contributed by atoms with van der Waals surface area (Å²) < 4.78 is 5.47. The SMILES string of the molecule is Cc1cc(C)c2c(c1Cl)CC(=N/OCC(=O)N1CCCCC1)/C=C/CC(O)/C=C/CCOC2=O. The minimum Gasteiger partial charge on any atom is -0.462 e. The third-order valence-corrected chi connectivity index (χ3v) is 6.47. The van der Waals surface area contributed by atoms with E-state index in [0.29, 0.717) is 34.7 Å². The van der Waals surface area contributed by atoms with E-state index in [2.05, 4.69) is 5.16 Å². The number of nitrogens with zero attached hydrogens (tertiary/aromatic N) is 2. The van der Waals surface area contributed by atoms with Crippen LogP contribution in [0, 0.1) is 13.8 Å². The van der Waals surface area contributed by atoms with E-state index in [4.69, 9.17) is 21.2 Å². The van der Waals surface area contributed by atoms with Crippen LogP contribution in [0.4, 0.5) is 0 Å². The maximum Gasteiger partial charge on any atom is 0.338 e. The second-order valence-electron chi connectivity index (χ2n) is 8.71. The molecule has 2 heterocycles. The molecule has 184 valence electrons. The number of carbonyl (C=O) groups excluding carboxylic acids is 2. The highest BCUT2D eigenvalue weighted by atomic mass is 35.5. The fourth-order valence-electron chi connectivity index (χ4n) is 4.17. The molecule has 1 amide bonds. The van der Waals surface area contributed by atoms with Crippen molar-refractivity contribution >= 4 is 29.2 Å². The van der Waals surface area contributed by atoms with E-state index in [1.165, 1.54) is 0 Å². The van der Waals surface area contributed by atoms with Crippen LogP contribution in [0.5, 0.6) is 0 Å². The molecule has 1 aromatic rings. The van der Waals surface area contributed by atoms with E-state index in [-0.39, 0.29) is 25.5 Å². The van der Waals surface area contributed by atoms with Gasteiger partial charge in [0.1, 0.15) is 0 Å². The molecule has 1 N–H and O–H groups in total. The highest BCUT2D eigenvalue weighted by molar-refractivity contribution is 6.33. The maximum atomic E-state index is 12.9. The minimum absolute atomic E-state index is 0.0943. The smallest absolute Gasteiger partial charge is 0.338 e. The summed E-state index contributed by atoms with van der Waals surface area (Å²) in [6, 6.07) is 1.86. The monoisotopic (exact) mass is 488 g/mol. The Morgan fingerprint density at radius 1 is 1.24 bits per heavy atom. The molecule has 34 heavy (non-hydrogen) atoms. The van der Waals surface area contributed by atoms with Gasteiger partial charge in [-0.05, 0) is 68.7 Å². The molecule has 1 aromatic carbocycles. The number of halogens is 1. The number of hydrogen-bond donors (Lipinski definition) is 1. The van der Waals surface area contributed by atoms with Gasteiger partial charge in [-0.1, -0.05) is 41.1 Å². The Balaban J connectivity index is 1.88. The molecule has 0 saturated carbocycles. The van der Waals surface area contributed by atoms with Crippen molar-refractivity contribution in [2.75, 3.05) is 26.3 Å². The maximum absolute atomic E-state index is 12.9. The number of esters is 1. The van der Waals surface area contributed by atoms with Crippen LogP contribution in [0.2, 0.25) is 5.02 Å². The number of aliphatic hydroxyl groups is 1. The molecule has 2 aliphatic heterocycles. The summed E-state index contributed by atoms with van der Waals surface area (Å²) in [6.45, 7) is 5.27. The van der Waals surface area contributed by atoms with Crippen LogP contribution in [-0.4, -0.2) is 60.0 Å². The van der Waals surface area contributed by atoms with Gasteiger partial charge in [0.25, 0.3) is 5.91 Å². The molecule has 0 spiro atoms. The van der Waals surface area contributed by atoms with Gasteiger partial charge < -0.3 is 19.6 Å². The number of aliphatic hydroxyl groups excluding tert-OH is 1. The average Bonchev–Trinajstić information content (AvgIpc) is 2.81. The average molecular weight is 489 g/mol. The van der Waals surface area contributed by atoms with Crippen LogP contribution >= 0.6 is 11.6 Å². The number of allylic oxidation sites excluding steroid dienone is 1. The van der Waals surface area contributed by atoms with Crippen LogP contribution in [-0.2, 0) is 20.8 Å². The Morgan fingerprint density at radius 3 is 2.76 bits per heavy atom. The minimum atomic E-state index is -0.668. The number of aryl methyl sites for hydroxylation is 2. The van der Waals surface area contributed by atoms with Crippen molar-refractivity contribution in [2.24, 2.45) is 5.16 Å². The zero-order valence-corrected chi connectivity index (χ0v) is 20.6. The summed E-state index contributed by atoms with van der Waals surface area (Å²) in [5.41, 5.74) is 3.12. The fourth-order valence-corrected chi connectivity index (χ4v) is 4.39. The van der Waals surface area contributed by atoms with Gasteiger partial charge in [0.15, 0.2) is 6.61 Å². The molecule has 0 aromatic heterocycles. The summed E-state index contributed by atoms with van der Waals surface area (Å²) in [6.07, 6.45) is 10.6. The van der Waals surface area contributed by atoms with E-state index < -0.39 is 12.1 Å². The number of piperidine rings is 1. The number of hydrogen-bond acceptors (Lipinski definition) is 6. The number of cyclic esters (lactones) is 1. The molecule has 2 aliphatic rings. The van der Waals surface area contributed by atoms with Gasteiger partial charge in [-0.2, -0.15) is 0 Å². The molecule has 1 fully saturated rings. The number of fused-ring (bicyclic) bond motifs is 1. The van der Waals surface area contributed by atoms with Crippen molar-refractivity contribution in [3.05, 3.63) is 57.6 Å². The molecular weight excluding hydrogens is 456 g/mol. The number of oxime groups is 1. The number of likely N-dealkylation sites (tertiary alicyclic amines) is 1. The first-order chi connectivity index (χ1) is 16.4. The zero-order chi connectivity index (χ0) is 24.5. The van der Waals surface area contributed by atoms with Crippen molar-refractivity contribution in [3.63, 3.8) is 0 Å². The van der Waals surface area contributed by atoms with E-state index in [9.17, 15) is 14.7 Å². The lowest BCUT2D eigenvalue weighted by Crippen LogP contribution is -2.37. The van der Waals surface area contributed by atoms with Crippen LogP contribution in [0.3, 0.4) is 0 Å². The molecule has 3 rings (SSSR count). The fraction of sp³-hybridized carbons (Fsp3) is 0.500. The lowest BCUT2D eigenvalue weighted by atomic mass is 9.94. The third kappa shape index (κ3) is 7.18. The molecule has 0 aliphatic carbocycles. The molecule has 0 bridgehead atoms. The zero-order valence-electron chi connectivity index (χ0n) is 19.9. The van der Waals surface area contributed by atoms with Gasteiger partial charge in [0.2, 0.25) is 0 Å². The predicted octanol–water partition coefficient (Wildman–Crippen LogP) is 4.31. The first kappa shape index (κ1) is 26.0. The predicted molar refractivity (Wildman–Crippen MR) is 132 cm³/mol. The van der Waals surface area contributed by atoms with E-state index >= 15 is 0 Å². The van der Waals surface area contributed by atoms with Gasteiger partial charge in [-0.25, -0.2) is 4.79 Å². The number of amides is 1.